The lowest BCUT2D eigenvalue weighted by atomic mass is 9.78. The van der Waals surface area contributed by atoms with Gasteiger partial charge in [0.1, 0.15) is 11.2 Å². The molecule has 32 heavy (non-hydrogen) atoms. The number of pyridine rings is 2. The molecule has 0 saturated carbocycles. The van der Waals surface area contributed by atoms with Crippen molar-refractivity contribution in [2.75, 3.05) is 0 Å². The van der Waals surface area contributed by atoms with Crippen molar-refractivity contribution < 1.29 is 9.31 Å². The molecule has 4 heterocycles. The summed E-state index contributed by atoms with van der Waals surface area (Å²) in [5, 5.41) is 2.17. The first kappa shape index (κ1) is 19.5. The molecule has 2 aromatic carbocycles. The molecule has 1 aliphatic heterocycles. The van der Waals surface area contributed by atoms with Crippen LogP contribution in [0.25, 0.3) is 38.8 Å². The molecule has 0 spiro atoms. The maximum atomic E-state index is 6.29. The fraction of sp³-hybridized carbons (Fsp3) is 0.231. The lowest BCUT2D eigenvalue weighted by Gasteiger charge is -2.32. The molecule has 6 rings (SSSR count). The number of aromatic nitrogens is 3. The number of hydrogen-bond acceptors (Lipinski definition) is 4. The van der Waals surface area contributed by atoms with E-state index in [2.05, 4.69) is 64.1 Å². The SMILES string of the molecule is CC1(C)OB(c2cccc(-c3nc4c(nc5ccccn54)c4ccccc34)c2)OC1(C)C. The molecule has 0 amide bonds. The Morgan fingerprint density at radius 2 is 1.50 bits per heavy atom. The lowest BCUT2D eigenvalue weighted by Crippen LogP contribution is -2.41. The summed E-state index contributed by atoms with van der Waals surface area (Å²) in [6.07, 6.45) is 2.01. The Kier molecular flexibility index (Phi) is 4.04. The van der Waals surface area contributed by atoms with Gasteiger partial charge in [0.25, 0.3) is 0 Å². The van der Waals surface area contributed by atoms with E-state index in [4.69, 9.17) is 19.3 Å². The molecular weight excluding hydrogens is 397 g/mol. The van der Waals surface area contributed by atoms with E-state index < -0.39 is 7.12 Å². The van der Waals surface area contributed by atoms with Crippen LogP contribution in [0, 0.1) is 0 Å². The molecule has 0 bridgehead atoms. The number of rotatable bonds is 2. The highest BCUT2D eigenvalue weighted by molar-refractivity contribution is 6.62. The van der Waals surface area contributed by atoms with E-state index >= 15 is 0 Å². The molecule has 6 heteroatoms. The van der Waals surface area contributed by atoms with Gasteiger partial charge in [-0.05, 0) is 45.3 Å². The van der Waals surface area contributed by atoms with E-state index in [-0.39, 0.29) is 11.2 Å². The van der Waals surface area contributed by atoms with Gasteiger partial charge in [-0.1, -0.05) is 54.6 Å². The Morgan fingerprint density at radius 1 is 0.781 bits per heavy atom. The third kappa shape index (κ3) is 2.80. The first-order chi connectivity index (χ1) is 15.3. The van der Waals surface area contributed by atoms with Crippen molar-refractivity contribution in [3.05, 3.63) is 72.9 Å². The summed E-state index contributed by atoms with van der Waals surface area (Å²) >= 11 is 0. The normalized spacial score (nSPS) is 17.6. The zero-order chi connectivity index (χ0) is 22.1. The van der Waals surface area contributed by atoms with Gasteiger partial charge in [0, 0.05) is 22.5 Å². The van der Waals surface area contributed by atoms with Gasteiger partial charge < -0.3 is 9.31 Å². The van der Waals surface area contributed by atoms with Crippen LogP contribution in [0.1, 0.15) is 27.7 Å². The predicted octanol–water partition coefficient (Wildman–Crippen LogP) is 5.00. The zero-order valence-corrected chi connectivity index (χ0v) is 18.7. The molecular formula is C26H24BN3O2. The second-order valence-electron chi connectivity index (χ2n) is 9.43. The van der Waals surface area contributed by atoms with Gasteiger partial charge in [-0.3, -0.25) is 4.40 Å². The number of benzene rings is 2. The van der Waals surface area contributed by atoms with E-state index in [9.17, 15) is 0 Å². The largest absolute Gasteiger partial charge is 0.494 e. The van der Waals surface area contributed by atoms with Gasteiger partial charge >= 0.3 is 7.12 Å². The minimum atomic E-state index is -0.411. The van der Waals surface area contributed by atoms with Crippen LogP contribution in [0.4, 0.5) is 0 Å². The summed E-state index contributed by atoms with van der Waals surface area (Å²) in [6.45, 7) is 8.30. The molecule has 0 radical (unpaired) electrons. The lowest BCUT2D eigenvalue weighted by molar-refractivity contribution is 0.00578. The standard InChI is InChI=1S/C26H24BN3O2/c1-25(2)26(3,4)32-27(31-25)18-11-9-10-17(16-18)22-19-12-5-6-13-20(19)23-24(29-22)30-15-8-7-14-21(30)28-23/h5-16H,1-4H3. The third-order valence-corrected chi connectivity index (χ3v) is 6.85. The zero-order valence-electron chi connectivity index (χ0n) is 18.7. The van der Waals surface area contributed by atoms with Crippen molar-refractivity contribution in [1.82, 2.24) is 14.4 Å². The van der Waals surface area contributed by atoms with Gasteiger partial charge in [0.15, 0.2) is 5.65 Å². The quantitative estimate of drug-likeness (QED) is 0.377. The van der Waals surface area contributed by atoms with Crippen molar-refractivity contribution >= 4 is 40.2 Å². The molecule has 1 fully saturated rings. The van der Waals surface area contributed by atoms with Crippen LogP contribution in [-0.2, 0) is 9.31 Å². The summed E-state index contributed by atoms with van der Waals surface area (Å²) < 4.78 is 14.6. The van der Waals surface area contributed by atoms with E-state index in [1.54, 1.807) is 0 Å². The number of nitrogens with zero attached hydrogens (tertiary/aromatic N) is 3. The highest BCUT2D eigenvalue weighted by Gasteiger charge is 2.51. The van der Waals surface area contributed by atoms with Gasteiger partial charge in [-0.15, -0.1) is 0 Å². The van der Waals surface area contributed by atoms with Crippen LogP contribution < -0.4 is 5.46 Å². The fourth-order valence-electron chi connectivity index (χ4n) is 4.36. The van der Waals surface area contributed by atoms with E-state index in [1.807, 2.05) is 40.9 Å². The van der Waals surface area contributed by atoms with Crippen molar-refractivity contribution in [3.8, 4) is 11.3 Å². The van der Waals surface area contributed by atoms with Crippen molar-refractivity contribution in [2.45, 2.75) is 38.9 Å². The molecule has 5 nitrogen and oxygen atoms in total. The third-order valence-electron chi connectivity index (χ3n) is 6.85. The topological polar surface area (TPSA) is 48.7 Å². The van der Waals surface area contributed by atoms with Crippen LogP contribution in [0.15, 0.2) is 72.9 Å². The highest BCUT2D eigenvalue weighted by atomic mass is 16.7. The number of fused-ring (bicyclic) bond motifs is 5. The number of hydrogen-bond donors (Lipinski definition) is 0. The van der Waals surface area contributed by atoms with Crippen molar-refractivity contribution in [2.24, 2.45) is 0 Å². The average molecular weight is 421 g/mol. The number of imidazole rings is 1. The summed E-state index contributed by atoms with van der Waals surface area (Å²) in [6, 6.07) is 22.7. The summed E-state index contributed by atoms with van der Waals surface area (Å²) in [5.74, 6) is 0. The Balaban J connectivity index is 1.56. The summed E-state index contributed by atoms with van der Waals surface area (Å²) in [7, 11) is -0.411. The Bertz CT molecular complexity index is 1490. The highest BCUT2D eigenvalue weighted by Crippen LogP contribution is 2.37. The minimum absolute atomic E-state index is 0.381. The van der Waals surface area contributed by atoms with E-state index in [1.165, 1.54) is 0 Å². The summed E-state index contributed by atoms with van der Waals surface area (Å²) in [4.78, 5) is 9.96. The second kappa shape index (κ2) is 6.64. The van der Waals surface area contributed by atoms with Crippen molar-refractivity contribution in [3.63, 3.8) is 0 Å². The predicted molar refractivity (Wildman–Crippen MR) is 129 cm³/mol. The average Bonchev–Trinajstić information content (AvgIpc) is 3.27. The molecule has 0 unspecified atom stereocenters. The molecule has 0 atom stereocenters. The fourth-order valence-corrected chi connectivity index (χ4v) is 4.36. The molecule has 158 valence electrons. The first-order valence-corrected chi connectivity index (χ1v) is 11.0. The monoisotopic (exact) mass is 421 g/mol. The minimum Gasteiger partial charge on any atom is -0.399 e. The smallest absolute Gasteiger partial charge is 0.399 e. The van der Waals surface area contributed by atoms with Gasteiger partial charge in [-0.25, -0.2) is 9.97 Å². The van der Waals surface area contributed by atoms with Crippen LogP contribution in [0.3, 0.4) is 0 Å². The van der Waals surface area contributed by atoms with Gasteiger partial charge in [0.2, 0.25) is 0 Å². The Morgan fingerprint density at radius 3 is 2.28 bits per heavy atom. The first-order valence-electron chi connectivity index (χ1n) is 11.0. The maximum absolute atomic E-state index is 6.29. The van der Waals surface area contributed by atoms with Crippen molar-refractivity contribution in [1.29, 1.82) is 0 Å². The molecule has 1 aliphatic rings. The van der Waals surface area contributed by atoms with Gasteiger partial charge in [0.05, 0.1) is 16.9 Å². The molecule has 0 aliphatic carbocycles. The van der Waals surface area contributed by atoms with Crippen LogP contribution in [0.2, 0.25) is 0 Å². The van der Waals surface area contributed by atoms with Crippen LogP contribution >= 0.6 is 0 Å². The van der Waals surface area contributed by atoms with E-state index in [0.29, 0.717) is 0 Å². The maximum Gasteiger partial charge on any atom is 0.494 e. The molecule has 5 aromatic rings. The van der Waals surface area contributed by atoms with Crippen LogP contribution in [0.5, 0.6) is 0 Å². The molecule has 1 saturated heterocycles. The Hall–Kier alpha value is -3.22. The Labute approximate surface area is 187 Å². The molecule has 0 N–H and O–H groups in total. The summed E-state index contributed by atoms with van der Waals surface area (Å²) in [5.41, 5.74) is 4.85. The van der Waals surface area contributed by atoms with Crippen LogP contribution in [-0.4, -0.2) is 32.7 Å². The van der Waals surface area contributed by atoms with E-state index in [0.717, 1.165) is 44.3 Å². The second-order valence-corrected chi connectivity index (χ2v) is 9.43. The molecule has 3 aromatic heterocycles. The van der Waals surface area contributed by atoms with Gasteiger partial charge in [-0.2, -0.15) is 0 Å².